The number of unbranched alkanes of at least 4 members (excludes halogenated alkanes) is 1. The van der Waals surface area contributed by atoms with E-state index in [-0.39, 0.29) is 5.56 Å². The van der Waals surface area contributed by atoms with Gasteiger partial charge in [-0.05, 0) is 68.4 Å². The maximum Gasteiger partial charge on any atom is 0.261 e. The lowest BCUT2D eigenvalue weighted by atomic mass is 9.77. The molecule has 0 amide bonds. The average Bonchev–Trinajstić information content (AvgIpc) is 3.73. The highest BCUT2D eigenvalue weighted by Gasteiger charge is 2.42. The molecule has 2 heterocycles. The van der Waals surface area contributed by atoms with E-state index in [4.69, 9.17) is 15.3 Å². The number of benzene rings is 6. The summed E-state index contributed by atoms with van der Waals surface area (Å²) in [6.07, 6.45) is 3.35. The minimum atomic E-state index is -0.886. The smallest absolute Gasteiger partial charge is 0.261 e. The van der Waals surface area contributed by atoms with Crippen LogP contribution in [0.15, 0.2) is 163 Å². The van der Waals surface area contributed by atoms with Crippen LogP contribution in [0, 0.1) is 0 Å². The molecule has 0 N–H and O–H groups in total. The molecule has 0 unspecified atom stereocenters. The fourth-order valence-electron chi connectivity index (χ4n) is 7.43. The van der Waals surface area contributed by atoms with Crippen LogP contribution < -0.4 is 5.56 Å². The molecule has 0 spiro atoms. The summed E-state index contributed by atoms with van der Waals surface area (Å²) >= 11 is 0. The number of rotatable bonds is 12. The van der Waals surface area contributed by atoms with Crippen molar-refractivity contribution in [3.8, 4) is 22.5 Å². The van der Waals surface area contributed by atoms with Crippen LogP contribution in [0.5, 0.6) is 0 Å². The summed E-state index contributed by atoms with van der Waals surface area (Å²) < 4.78 is 3.70. The van der Waals surface area contributed by atoms with Crippen LogP contribution in [0.3, 0.4) is 0 Å². The molecular formula is C46H38N6O2. The number of hydrogen-bond acceptors (Lipinski definition) is 6. The lowest BCUT2D eigenvalue weighted by molar-refractivity contribution is 0.112. The monoisotopic (exact) mass is 706 g/mol. The van der Waals surface area contributed by atoms with Crippen LogP contribution in [-0.2, 0) is 18.5 Å². The molecule has 54 heavy (non-hydrogen) atoms. The first kappa shape index (κ1) is 34.3. The first-order chi connectivity index (χ1) is 26.6. The summed E-state index contributed by atoms with van der Waals surface area (Å²) in [5.41, 5.74) is 6.91. The van der Waals surface area contributed by atoms with Gasteiger partial charge in [-0.15, -0.1) is 5.10 Å². The second-order valence-corrected chi connectivity index (χ2v) is 13.4. The van der Waals surface area contributed by atoms with Gasteiger partial charge in [0, 0.05) is 17.5 Å². The van der Waals surface area contributed by atoms with Gasteiger partial charge < -0.3 is 0 Å². The van der Waals surface area contributed by atoms with Crippen LogP contribution in [0.25, 0.3) is 33.4 Å². The lowest BCUT2D eigenvalue weighted by Gasteiger charge is -2.36. The molecule has 0 aliphatic rings. The third-order valence-corrected chi connectivity index (χ3v) is 10.1. The summed E-state index contributed by atoms with van der Waals surface area (Å²) in [5.74, 6) is 1.36. The van der Waals surface area contributed by atoms with E-state index in [0.717, 1.165) is 63.9 Å². The second kappa shape index (κ2) is 15.0. The van der Waals surface area contributed by atoms with Crippen LogP contribution >= 0.6 is 0 Å². The average molecular weight is 707 g/mol. The Morgan fingerprint density at radius 1 is 0.685 bits per heavy atom. The van der Waals surface area contributed by atoms with E-state index in [0.29, 0.717) is 35.3 Å². The number of hydrogen-bond donors (Lipinski definition) is 0. The van der Waals surface area contributed by atoms with Gasteiger partial charge in [-0.2, -0.15) is 0 Å². The van der Waals surface area contributed by atoms with Crippen LogP contribution in [-0.4, -0.2) is 36.0 Å². The quantitative estimate of drug-likeness (QED) is 0.0932. The lowest BCUT2D eigenvalue weighted by Crippen LogP contribution is -2.39. The van der Waals surface area contributed by atoms with E-state index in [1.54, 1.807) is 22.8 Å². The Kier molecular flexibility index (Phi) is 9.56. The molecule has 0 aliphatic carbocycles. The predicted molar refractivity (Wildman–Crippen MR) is 212 cm³/mol. The van der Waals surface area contributed by atoms with Gasteiger partial charge in [0.2, 0.25) is 0 Å². The molecule has 0 saturated carbocycles. The van der Waals surface area contributed by atoms with Gasteiger partial charge in [-0.3, -0.25) is 14.2 Å². The summed E-state index contributed by atoms with van der Waals surface area (Å²) in [6.45, 7) is 2.49. The first-order valence-corrected chi connectivity index (χ1v) is 18.2. The molecule has 8 rings (SSSR count). The molecule has 8 heteroatoms. The third kappa shape index (κ3) is 6.21. The second-order valence-electron chi connectivity index (χ2n) is 13.4. The first-order valence-electron chi connectivity index (χ1n) is 18.2. The molecule has 8 aromatic rings. The zero-order chi connectivity index (χ0) is 36.9. The Hall–Kier alpha value is -6.80. The van der Waals surface area contributed by atoms with Crippen molar-refractivity contribution in [2.24, 2.45) is 0 Å². The number of aryl methyl sites for hydroxylation is 1. The number of carbonyl (C=O) groups excluding carboxylic acids is 1. The number of fused-ring (bicyclic) bond motifs is 1. The standard InChI is InChI=1S/C46H38N6O2/c1-2-3-23-43-47-42-29-26-34(32-53)30-41(42)45(54)51(43)31-33-24-27-35(28-25-33)39-21-13-14-22-40(39)44-48-49-50-52(44)46(36-15-7-4-8-16-36,37-17-9-5-10-18-37)38-19-11-6-12-20-38/h4-22,24-30,32H,2-3,23,31H2,1H3. The molecule has 8 nitrogen and oxygen atoms in total. The Morgan fingerprint density at radius 2 is 1.28 bits per heavy atom. The molecule has 0 atom stereocenters. The molecule has 2 aromatic heterocycles. The maximum atomic E-state index is 13.9. The van der Waals surface area contributed by atoms with Crippen LogP contribution in [0.2, 0.25) is 0 Å². The number of aldehydes is 1. The van der Waals surface area contributed by atoms with Crippen molar-refractivity contribution in [3.63, 3.8) is 0 Å². The number of aromatic nitrogens is 6. The predicted octanol–water partition coefficient (Wildman–Crippen LogP) is 8.76. The highest BCUT2D eigenvalue weighted by atomic mass is 16.1. The number of carbonyl (C=O) groups is 1. The summed E-state index contributed by atoms with van der Waals surface area (Å²) in [6, 6.07) is 52.6. The fourth-order valence-corrected chi connectivity index (χ4v) is 7.43. The largest absolute Gasteiger partial charge is 0.298 e. The van der Waals surface area contributed by atoms with Crippen molar-refractivity contribution in [2.45, 2.75) is 38.3 Å². The molecule has 0 radical (unpaired) electrons. The highest BCUT2D eigenvalue weighted by Crippen LogP contribution is 2.43. The van der Waals surface area contributed by atoms with E-state index in [2.05, 4.69) is 84.9 Å². The molecule has 0 aliphatic heterocycles. The van der Waals surface area contributed by atoms with Gasteiger partial charge in [0.05, 0.1) is 17.4 Å². The van der Waals surface area contributed by atoms with Gasteiger partial charge in [0.1, 0.15) is 17.6 Å². The van der Waals surface area contributed by atoms with Gasteiger partial charge in [0.15, 0.2) is 5.82 Å². The van der Waals surface area contributed by atoms with E-state index in [1.807, 2.05) is 71.4 Å². The van der Waals surface area contributed by atoms with Gasteiger partial charge in [0.25, 0.3) is 5.56 Å². The zero-order valence-corrected chi connectivity index (χ0v) is 29.9. The number of nitrogens with zero attached hydrogens (tertiary/aromatic N) is 6. The Bertz CT molecular complexity index is 2500. The zero-order valence-electron chi connectivity index (χ0n) is 29.9. The summed E-state index contributed by atoms with van der Waals surface area (Å²) in [5, 5.41) is 14.2. The molecule has 0 saturated heterocycles. The van der Waals surface area contributed by atoms with Gasteiger partial charge in [-0.1, -0.05) is 153 Å². The van der Waals surface area contributed by atoms with Crippen molar-refractivity contribution >= 4 is 17.2 Å². The molecular weight excluding hydrogens is 669 g/mol. The highest BCUT2D eigenvalue weighted by molar-refractivity contribution is 5.86. The normalized spacial score (nSPS) is 11.5. The summed E-state index contributed by atoms with van der Waals surface area (Å²) in [4.78, 5) is 30.2. The van der Waals surface area contributed by atoms with Gasteiger partial charge >= 0.3 is 0 Å². The summed E-state index contributed by atoms with van der Waals surface area (Å²) in [7, 11) is 0. The minimum Gasteiger partial charge on any atom is -0.298 e. The van der Waals surface area contributed by atoms with Crippen LogP contribution in [0.1, 0.15) is 58.2 Å². The van der Waals surface area contributed by atoms with Crippen molar-refractivity contribution in [2.75, 3.05) is 0 Å². The van der Waals surface area contributed by atoms with E-state index in [1.165, 1.54) is 0 Å². The molecule has 264 valence electrons. The SMILES string of the molecule is CCCCc1nc2ccc(C=O)cc2c(=O)n1Cc1ccc(-c2ccccc2-c2nnnn2C(c2ccccc2)(c2ccccc2)c2ccccc2)cc1. The molecule has 0 fully saturated rings. The van der Waals surface area contributed by atoms with E-state index in [9.17, 15) is 9.59 Å². The third-order valence-electron chi connectivity index (χ3n) is 10.1. The Labute approximate surface area is 313 Å². The number of tetrazole rings is 1. The maximum absolute atomic E-state index is 13.9. The fraction of sp³-hybridized carbons (Fsp3) is 0.130. The topological polar surface area (TPSA) is 95.6 Å². The minimum absolute atomic E-state index is 0.144. The van der Waals surface area contributed by atoms with E-state index >= 15 is 0 Å². The van der Waals surface area contributed by atoms with Crippen molar-refractivity contribution in [1.82, 2.24) is 29.8 Å². The van der Waals surface area contributed by atoms with Crippen LogP contribution in [0.4, 0.5) is 0 Å². The van der Waals surface area contributed by atoms with Gasteiger partial charge in [-0.25, -0.2) is 9.67 Å². The van der Waals surface area contributed by atoms with Crippen molar-refractivity contribution in [1.29, 1.82) is 0 Å². The van der Waals surface area contributed by atoms with Crippen molar-refractivity contribution in [3.05, 3.63) is 202 Å². The molecule has 0 bridgehead atoms. The Balaban J connectivity index is 1.22. The molecule has 6 aromatic carbocycles. The van der Waals surface area contributed by atoms with Crippen molar-refractivity contribution < 1.29 is 4.79 Å². The van der Waals surface area contributed by atoms with E-state index < -0.39 is 5.54 Å². The Morgan fingerprint density at radius 3 is 1.87 bits per heavy atom.